The molecule has 3 nitrogen and oxygen atoms in total. The predicted octanol–water partition coefficient (Wildman–Crippen LogP) is 3.31. The molecular weight excluding hydrogens is 222 g/mol. The van der Waals surface area contributed by atoms with Crippen molar-refractivity contribution in [3.05, 3.63) is 17.3 Å². The molecular formula is C12H18ClN3. The van der Waals surface area contributed by atoms with E-state index < -0.39 is 0 Å². The molecule has 2 rings (SSSR count). The maximum atomic E-state index is 5.83. The molecule has 16 heavy (non-hydrogen) atoms. The summed E-state index contributed by atoms with van der Waals surface area (Å²) in [6.07, 6.45) is 6.77. The Morgan fingerprint density at radius 2 is 2.12 bits per heavy atom. The second-order valence-electron chi connectivity index (χ2n) is 4.47. The van der Waals surface area contributed by atoms with E-state index in [2.05, 4.69) is 10.3 Å². The first-order valence-corrected chi connectivity index (χ1v) is 6.29. The standard InChI is InChI=1S/C12H18ClN3/c13-11-7-10(14)8-12(16-11)15-6-5-9-3-1-2-4-9/h7-9H,1-6H2,(H3,14,15,16). The molecule has 0 aromatic carbocycles. The van der Waals surface area contributed by atoms with Crippen LogP contribution in [-0.2, 0) is 0 Å². The summed E-state index contributed by atoms with van der Waals surface area (Å²) in [7, 11) is 0. The molecule has 0 amide bonds. The van der Waals surface area contributed by atoms with Gasteiger partial charge in [-0.3, -0.25) is 0 Å². The van der Waals surface area contributed by atoms with Crippen LogP contribution in [0.25, 0.3) is 0 Å². The molecule has 1 saturated carbocycles. The maximum absolute atomic E-state index is 5.83. The molecule has 1 heterocycles. The molecule has 1 aliphatic carbocycles. The van der Waals surface area contributed by atoms with Crippen LogP contribution in [0, 0.1) is 5.92 Å². The first-order valence-electron chi connectivity index (χ1n) is 5.91. The van der Waals surface area contributed by atoms with Gasteiger partial charge in [-0.15, -0.1) is 0 Å². The van der Waals surface area contributed by atoms with Gasteiger partial charge in [-0.2, -0.15) is 0 Å². The Morgan fingerprint density at radius 3 is 2.81 bits per heavy atom. The van der Waals surface area contributed by atoms with Crippen LogP contribution in [0.2, 0.25) is 5.15 Å². The number of nitrogens with two attached hydrogens (primary N) is 1. The van der Waals surface area contributed by atoms with E-state index in [-0.39, 0.29) is 0 Å². The van der Waals surface area contributed by atoms with Gasteiger partial charge in [-0.05, 0) is 18.4 Å². The smallest absolute Gasteiger partial charge is 0.133 e. The average molecular weight is 240 g/mol. The van der Waals surface area contributed by atoms with Crippen LogP contribution >= 0.6 is 11.6 Å². The minimum atomic E-state index is 0.448. The largest absolute Gasteiger partial charge is 0.399 e. The normalized spacial score (nSPS) is 16.6. The molecule has 1 aromatic heterocycles. The van der Waals surface area contributed by atoms with Gasteiger partial charge in [0, 0.05) is 18.3 Å². The average Bonchev–Trinajstić information content (AvgIpc) is 2.69. The number of pyridine rings is 1. The van der Waals surface area contributed by atoms with E-state index in [1.807, 2.05) is 6.07 Å². The second kappa shape index (κ2) is 5.39. The Hall–Kier alpha value is -0.960. The van der Waals surface area contributed by atoms with Crippen LogP contribution in [0.5, 0.6) is 0 Å². The summed E-state index contributed by atoms with van der Waals surface area (Å²) in [4.78, 5) is 4.17. The lowest BCUT2D eigenvalue weighted by Crippen LogP contribution is -2.08. The lowest BCUT2D eigenvalue weighted by molar-refractivity contribution is 0.518. The number of anilines is 2. The molecule has 0 unspecified atom stereocenters. The Balaban J connectivity index is 1.80. The van der Waals surface area contributed by atoms with Crippen LogP contribution < -0.4 is 11.1 Å². The molecule has 0 radical (unpaired) electrons. The van der Waals surface area contributed by atoms with E-state index in [0.717, 1.165) is 18.3 Å². The lowest BCUT2D eigenvalue weighted by Gasteiger charge is -2.10. The molecule has 1 aliphatic rings. The van der Waals surface area contributed by atoms with Crippen molar-refractivity contribution in [2.24, 2.45) is 5.92 Å². The highest BCUT2D eigenvalue weighted by molar-refractivity contribution is 6.29. The molecule has 0 saturated heterocycles. The fourth-order valence-corrected chi connectivity index (χ4v) is 2.53. The van der Waals surface area contributed by atoms with Crippen molar-refractivity contribution in [2.45, 2.75) is 32.1 Å². The SMILES string of the molecule is Nc1cc(Cl)nc(NCCC2CCCC2)c1. The lowest BCUT2D eigenvalue weighted by atomic mass is 10.0. The maximum Gasteiger partial charge on any atom is 0.133 e. The quantitative estimate of drug-likeness (QED) is 0.793. The Labute approximate surface area is 101 Å². The highest BCUT2D eigenvalue weighted by Gasteiger charge is 2.14. The number of nitrogens with one attached hydrogen (secondary N) is 1. The highest BCUT2D eigenvalue weighted by Crippen LogP contribution is 2.27. The zero-order valence-corrected chi connectivity index (χ0v) is 10.1. The molecule has 3 N–H and O–H groups in total. The van der Waals surface area contributed by atoms with E-state index >= 15 is 0 Å². The highest BCUT2D eigenvalue weighted by atomic mass is 35.5. The van der Waals surface area contributed by atoms with Crippen molar-refractivity contribution >= 4 is 23.1 Å². The topological polar surface area (TPSA) is 50.9 Å². The zero-order chi connectivity index (χ0) is 11.4. The van der Waals surface area contributed by atoms with Crippen molar-refractivity contribution < 1.29 is 0 Å². The number of aromatic nitrogens is 1. The summed E-state index contributed by atoms with van der Waals surface area (Å²) in [5, 5.41) is 3.73. The van der Waals surface area contributed by atoms with Crippen molar-refractivity contribution in [3.8, 4) is 0 Å². The van der Waals surface area contributed by atoms with Gasteiger partial charge in [-0.25, -0.2) is 4.98 Å². The predicted molar refractivity (Wildman–Crippen MR) is 68.7 cm³/mol. The first-order chi connectivity index (χ1) is 7.74. The minimum absolute atomic E-state index is 0.448. The van der Waals surface area contributed by atoms with E-state index in [4.69, 9.17) is 17.3 Å². The van der Waals surface area contributed by atoms with Crippen molar-refractivity contribution in [1.29, 1.82) is 0 Å². The van der Waals surface area contributed by atoms with Crippen LogP contribution in [0.3, 0.4) is 0 Å². The van der Waals surface area contributed by atoms with Crippen LogP contribution in [-0.4, -0.2) is 11.5 Å². The van der Waals surface area contributed by atoms with Crippen LogP contribution in [0.15, 0.2) is 12.1 Å². The summed E-state index contributed by atoms with van der Waals surface area (Å²) in [6.45, 7) is 0.956. The first kappa shape index (κ1) is 11.5. The molecule has 88 valence electrons. The molecule has 0 atom stereocenters. The number of halogens is 1. The molecule has 0 bridgehead atoms. The summed E-state index contributed by atoms with van der Waals surface area (Å²) in [5.74, 6) is 1.67. The van der Waals surface area contributed by atoms with E-state index in [9.17, 15) is 0 Å². The number of rotatable bonds is 4. The van der Waals surface area contributed by atoms with Gasteiger partial charge in [0.15, 0.2) is 0 Å². The van der Waals surface area contributed by atoms with Crippen molar-refractivity contribution in [3.63, 3.8) is 0 Å². The molecule has 0 spiro atoms. The molecule has 0 aliphatic heterocycles. The van der Waals surface area contributed by atoms with Gasteiger partial charge in [0.25, 0.3) is 0 Å². The number of nitrogens with zero attached hydrogens (tertiary/aromatic N) is 1. The van der Waals surface area contributed by atoms with Gasteiger partial charge in [0.2, 0.25) is 0 Å². The fourth-order valence-electron chi connectivity index (χ4n) is 2.31. The van der Waals surface area contributed by atoms with E-state index in [1.165, 1.54) is 32.1 Å². The third-order valence-electron chi connectivity index (χ3n) is 3.15. The fraction of sp³-hybridized carbons (Fsp3) is 0.583. The van der Waals surface area contributed by atoms with E-state index in [0.29, 0.717) is 10.8 Å². The molecule has 1 fully saturated rings. The second-order valence-corrected chi connectivity index (χ2v) is 4.86. The van der Waals surface area contributed by atoms with Gasteiger partial charge in [0.1, 0.15) is 11.0 Å². The summed E-state index contributed by atoms with van der Waals surface area (Å²) >= 11 is 5.83. The van der Waals surface area contributed by atoms with Gasteiger partial charge in [0.05, 0.1) is 0 Å². The Bertz CT molecular complexity index is 328. The van der Waals surface area contributed by atoms with Crippen molar-refractivity contribution in [1.82, 2.24) is 4.98 Å². The third-order valence-corrected chi connectivity index (χ3v) is 3.34. The summed E-state index contributed by atoms with van der Waals surface area (Å²) in [5.41, 5.74) is 6.34. The monoisotopic (exact) mass is 239 g/mol. The molecule has 4 heteroatoms. The molecule has 1 aromatic rings. The summed E-state index contributed by atoms with van der Waals surface area (Å²) in [6, 6.07) is 3.48. The van der Waals surface area contributed by atoms with Crippen LogP contribution in [0.4, 0.5) is 11.5 Å². The number of hydrogen-bond donors (Lipinski definition) is 2. The van der Waals surface area contributed by atoms with Gasteiger partial charge < -0.3 is 11.1 Å². The van der Waals surface area contributed by atoms with Crippen molar-refractivity contribution in [2.75, 3.05) is 17.6 Å². The Morgan fingerprint density at radius 1 is 1.38 bits per heavy atom. The number of nitrogen functional groups attached to an aromatic ring is 1. The summed E-state index contributed by atoms with van der Waals surface area (Å²) < 4.78 is 0. The zero-order valence-electron chi connectivity index (χ0n) is 9.38. The number of hydrogen-bond acceptors (Lipinski definition) is 3. The third kappa shape index (κ3) is 3.27. The minimum Gasteiger partial charge on any atom is -0.399 e. The van der Waals surface area contributed by atoms with Gasteiger partial charge in [-0.1, -0.05) is 37.3 Å². The Kier molecular flexibility index (Phi) is 3.88. The van der Waals surface area contributed by atoms with Gasteiger partial charge >= 0.3 is 0 Å². The van der Waals surface area contributed by atoms with Crippen LogP contribution in [0.1, 0.15) is 32.1 Å². The van der Waals surface area contributed by atoms with E-state index in [1.54, 1.807) is 6.07 Å².